The van der Waals surface area contributed by atoms with Gasteiger partial charge in [0, 0.05) is 64.4 Å². The van der Waals surface area contributed by atoms with Gasteiger partial charge in [0.05, 0.1) is 30.2 Å². The number of anilines is 2. The molecule has 2 bridgehead atoms. The van der Waals surface area contributed by atoms with Crippen molar-refractivity contribution in [2.24, 2.45) is 22.2 Å². The van der Waals surface area contributed by atoms with E-state index >= 15 is 0 Å². The van der Waals surface area contributed by atoms with Crippen molar-refractivity contribution >= 4 is 29.0 Å². The van der Waals surface area contributed by atoms with Gasteiger partial charge in [0.25, 0.3) is 0 Å². The number of Topliss-reactive ketones (excluding diaryl/α,β-unsaturated/α-hetero) is 1. The fourth-order valence-corrected chi connectivity index (χ4v) is 14.6. The van der Waals surface area contributed by atoms with Crippen LogP contribution in [0.25, 0.3) is 0 Å². The summed E-state index contributed by atoms with van der Waals surface area (Å²) in [4.78, 5) is 47.6. The minimum Gasteiger partial charge on any atom is -0.466 e. The number of esters is 1. The van der Waals surface area contributed by atoms with Crippen molar-refractivity contribution in [2.45, 2.75) is 87.1 Å². The van der Waals surface area contributed by atoms with Gasteiger partial charge in [0.2, 0.25) is 5.91 Å². The summed E-state index contributed by atoms with van der Waals surface area (Å²) in [5.41, 5.74) is 4.86. The Kier molecular flexibility index (Phi) is 4.98. The molecule has 2 saturated carbocycles. The summed E-state index contributed by atoms with van der Waals surface area (Å²) < 4.78 is 12.3. The Morgan fingerprint density at radius 2 is 1.88 bits per heavy atom. The molecule has 2 N–H and O–H groups in total. The SMILES string of the molecule is CC[C@@]12CC(C(=O)OC)=C3Nc4ccccc4[C@@]34CCN([C@H](c3ccc5c(c3)[C@@]36CCN7CC=C[C@@]8(C[C@]3(C(=O)N5)C(=O)[C@@H]8C)[C@H]76)[C@H]3O[C@H]31)[C@@H]24. The van der Waals surface area contributed by atoms with Gasteiger partial charge in [-0.25, -0.2) is 4.79 Å². The Morgan fingerprint density at radius 1 is 1.04 bits per heavy atom. The average Bonchev–Trinajstić information content (AvgIpc) is 3.38. The normalized spacial score (nSPS) is 46.3. The molecule has 7 aliphatic heterocycles. The Morgan fingerprint density at radius 3 is 2.72 bits per heavy atom. The van der Waals surface area contributed by atoms with Gasteiger partial charge in [0.15, 0.2) is 5.78 Å². The van der Waals surface area contributed by atoms with E-state index in [1.165, 1.54) is 18.2 Å². The Labute approximate surface area is 291 Å². The van der Waals surface area contributed by atoms with Crippen LogP contribution in [0, 0.1) is 22.2 Å². The zero-order valence-electron chi connectivity index (χ0n) is 28.8. The maximum Gasteiger partial charge on any atom is 0.335 e. The highest BCUT2D eigenvalue weighted by Crippen LogP contribution is 2.78. The van der Waals surface area contributed by atoms with E-state index in [2.05, 4.69) is 88.9 Å². The first-order valence-electron chi connectivity index (χ1n) is 18.8. The molecule has 9 nitrogen and oxygen atoms in total. The van der Waals surface area contributed by atoms with Gasteiger partial charge < -0.3 is 20.1 Å². The molecular formula is C41H42N4O5. The lowest BCUT2D eigenvalue weighted by atomic mass is 9.51. The number of rotatable bonds is 3. The Balaban J connectivity index is 1.04. The number of para-hydroxylation sites is 1. The number of carbonyl (C=O) groups is 3. The molecule has 4 spiro atoms. The van der Waals surface area contributed by atoms with Crippen LogP contribution in [0.4, 0.5) is 11.4 Å². The van der Waals surface area contributed by atoms with E-state index in [0.717, 1.165) is 67.1 Å². The van der Waals surface area contributed by atoms with E-state index in [4.69, 9.17) is 9.47 Å². The summed E-state index contributed by atoms with van der Waals surface area (Å²) in [6.07, 6.45) is 8.42. The van der Waals surface area contributed by atoms with Crippen molar-refractivity contribution in [1.29, 1.82) is 0 Å². The molecule has 9 heteroatoms. The number of hydrogen-bond acceptors (Lipinski definition) is 8. The summed E-state index contributed by atoms with van der Waals surface area (Å²) >= 11 is 0. The van der Waals surface area contributed by atoms with Crippen molar-refractivity contribution in [3.05, 3.63) is 82.6 Å². The summed E-state index contributed by atoms with van der Waals surface area (Å²) in [7, 11) is 1.49. The number of benzene rings is 2. The van der Waals surface area contributed by atoms with Crippen LogP contribution in [0.15, 0.2) is 65.9 Å². The van der Waals surface area contributed by atoms with Crippen LogP contribution in [0.3, 0.4) is 0 Å². The highest BCUT2D eigenvalue weighted by molar-refractivity contribution is 6.19. The number of carbonyl (C=O) groups excluding carboxylic acids is 3. The minimum atomic E-state index is -1.04. The van der Waals surface area contributed by atoms with Crippen molar-refractivity contribution < 1.29 is 23.9 Å². The minimum absolute atomic E-state index is 0.000175. The lowest BCUT2D eigenvalue weighted by molar-refractivity contribution is -0.147. The average molecular weight is 671 g/mol. The highest BCUT2D eigenvalue weighted by Gasteiger charge is 2.85. The van der Waals surface area contributed by atoms with Crippen molar-refractivity contribution in [1.82, 2.24) is 9.80 Å². The molecule has 0 aromatic heterocycles. The van der Waals surface area contributed by atoms with Crippen LogP contribution < -0.4 is 10.6 Å². The van der Waals surface area contributed by atoms with Crippen LogP contribution in [0.2, 0.25) is 0 Å². The number of amides is 1. The molecule has 12 rings (SSSR count). The lowest BCUT2D eigenvalue weighted by Crippen LogP contribution is -2.66. The third kappa shape index (κ3) is 2.66. The summed E-state index contributed by atoms with van der Waals surface area (Å²) in [5, 5.41) is 7.03. The molecule has 2 aromatic rings. The van der Waals surface area contributed by atoms with Crippen LogP contribution >= 0.6 is 0 Å². The van der Waals surface area contributed by atoms with E-state index < -0.39 is 10.8 Å². The zero-order valence-corrected chi connectivity index (χ0v) is 28.8. The van der Waals surface area contributed by atoms with Gasteiger partial charge in [-0.2, -0.15) is 0 Å². The van der Waals surface area contributed by atoms with E-state index in [-0.39, 0.29) is 70.2 Å². The van der Waals surface area contributed by atoms with Gasteiger partial charge in [-0.05, 0) is 67.5 Å². The maximum atomic E-state index is 14.5. The fourth-order valence-electron chi connectivity index (χ4n) is 14.6. The molecule has 50 heavy (non-hydrogen) atoms. The van der Waals surface area contributed by atoms with Crippen LogP contribution in [-0.4, -0.2) is 78.5 Å². The molecule has 1 amide bonds. The molecule has 4 saturated heterocycles. The number of fused-ring (bicyclic) bond motifs is 4. The number of ketones is 1. The van der Waals surface area contributed by atoms with Crippen LogP contribution in [0.5, 0.6) is 0 Å². The maximum absolute atomic E-state index is 14.5. The zero-order chi connectivity index (χ0) is 33.7. The van der Waals surface area contributed by atoms with Gasteiger partial charge in [0.1, 0.15) is 11.5 Å². The van der Waals surface area contributed by atoms with Crippen LogP contribution in [-0.2, 0) is 34.7 Å². The highest BCUT2D eigenvalue weighted by atomic mass is 16.6. The quantitative estimate of drug-likeness (QED) is 0.212. The van der Waals surface area contributed by atoms with Gasteiger partial charge >= 0.3 is 5.97 Å². The Bertz CT molecular complexity index is 2090. The number of methoxy groups -OCH3 is 1. The first-order valence-corrected chi connectivity index (χ1v) is 18.8. The van der Waals surface area contributed by atoms with Gasteiger partial charge in [-0.15, -0.1) is 0 Å². The molecule has 3 aliphatic carbocycles. The third-order valence-electron chi connectivity index (χ3n) is 16.2. The summed E-state index contributed by atoms with van der Waals surface area (Å²) in [6.45, 7) is 6.98. The molecule has 11 atom stereocenters. The summed E-state index contributed by atoms with van der Waals surface area (Å²) in [5.74, 6) is -0.391. The van der Waals surface area contributed by atoms with Gasteiger partial charge in [-0.1, -0.05) is 56.3 Å². The fraction of sp³-hybridized carbons (Fsp3) is 0.537. The smallest absolute Gasteiger partial charge is 0.335 e. The largest absolute Gasteiger partial charge is 0.466 e. The summed E-state index contributed by atoms with van der Waals surface area (Å²) in [6, 6.07) is 15.6. The van der Waals surface area contributed by atoms with Crippen molar-refractivity contribution in [2.75, 3.05) is 37.4 Å². The second kappa shape index (κ2) is 8.63. The molecule has 2 aromatic carbocycles. The second-order valence-corrected chi connectivity index (χ2v) is 17.2. The first-order chi connectivity index (χ1) is 24.2. The van der Waals surface area contributed by atoms with E-state index in [1.807, 2.05) is 0 Å². The van der Waals surface area contributed by atoms with E-state index in [0.29, 0.717) is 12.8 Å². The Hall–Kier alpha value is -3.79. The molecule has 0 unspecified atom stereocenters. The predicted molar refractivity (Wildman–Crippen MR) is 184 cm³/mol. The second-order valence-electron chi connectivity index (χ2n) is 17.2. The molecule has 0 radical (unpaired) electrons. The van der Waals surface area contributed by atoms with Crippen LogP contribution in [0.1, 0.15) is 68.7 Å². The number of epoxide rings is 1. The predicted octanol–water partition coefficient (Wildman–Crippen LogP) is 4.60. The number of nitrogens with one attached hydrogen (secondary N) is 2. The lowest BCUT2D eigenvalue weighted by Gasteiger charge is -2.56. The number of piperidine rings is 1. The number of ether oxygens (including phenoxy) is 2. The standard InChI is InChI=1S/C41H42N4O5/c1-4-37-19-23(33(47)49-3)30-39(24-8-5-6-9-26(24)42-30)13-17-45(34(37)39)28(29-32(37)50-29)22-10-11-27-25(18-22)40-14-16-44-15-7-12-38(35(40)44)20-41(40,36(48)43-27)31(46)21(38)2/h5-12,18,21,28-29,32,34-35,42H,4,13-17,19-20H2,1-3H3,(H,43,48)/t21-,28+,29+,32+,34-,35-,37+,38-,39-,40+,41+/m0/s1. The molecule has 10 aliphatic rings. The monoisotopic (exact) mass is 670 g/mol. The van der Waals surface area contributed by atoms with E-state index in [1.54, 1.807) is 0 Å². The van der Waals surface area contributed by atoms with Gasteiger partial charge in [-0.3, -0.25) is 19.4 Å². The molecular weight excluding hydrogens is 628 g/mol. The third-order valence-corrected chi connectivity index (χ3v) is 16.2. The molecule has 6 fully saturated rings. The molecule has 256 valence electrons. The van der Waals surface area contributed by atoms with Crippen molar-refractivity contribution in [3.63, 3.8) is 0 Å². The number of nitrogens with zero attached hydrogens (tertiary/aromatic N) is 2. The number of hydrogen-bond donors (Lipinski definition) is 2. The molecule has 7 heterocycles. The van der Waals surface area contributed by atoms with E-state index in [9.17, 15) is 14.4 Å². The van der Waals surface area contributed by atoms with Crippen molar-refractivity contribution in [3.8, 4) is 0 Å². The first kappa shape index (κ1) is 28.9. The topological polar surface area (TPSA) is 104 Å².